The van der Waals surface area contributed by atoms with Gasteiger partial charge in [0.25, 0.3) is 0 Å². The molecule has 0 saturated carbocycles. The normalized spacial score (nSPS) is 51.5. The Kier molecular flexibility index (Phi) is 20.3. The van der Waals surface area contributed by atoms with Gasteiger partial charge in [0.05, 0.1) is 39.6 Å². The molecule has 70 heavy (non-hydrogen) atoms. The molecule has 0 aromatic carbocycles. The van der Waals surface area contributed by atoms with Crippen molar-refractivity contribution in [3.63, 3.8) is 0 Å². The Labute approximate surface area is 395 Å². The summed E-state index contributed by atoms with van der Waals surface area (Å²) in [7, 11) is 0. The average molecular weight is 1030 g/mol. The molecular formula is C38H65NO31. The number of hydrogen-bond donors (Lipinski definition) is 20. The summed E-state index contributed by atoms with van der Waals surface area (Å²) in [4.78, 5) is 12.6. The molecule has 0 spiro atoms. The zero-order chi connectivity index (χ0) is 51.6. The number of carbonyl (C=O) groups is 1. The lowest BCUT2D eigenvalue weighted by molar-refractivity contribution is -0.385. The highest BCUT2D eigenvalue weighted by molar-refractivity contribution is 5.73. The highest BCUT2D eigenvalue weighted by atomic mass is 16.8. The Balaban J connectivity index is 1.27. The zero-order valence-electron chi connectivity index (χ0n) is 37.0. The molecule has 6 aliphatic heterocycles. The molecule has 1 unspecified atom stereocenters. The van der Waals surface area contributed by atoms with Gasteiger partial charge in [-0.15, -0.1) is 0 Å². The monoisotopic (exact) mass is 1030 g/mol. The predicted octanol–water partition coefficient (Wildman–Crippen LogP) is -14.0. The highest BCUT2D eigenvalue weighted by Crippen LogP contribution is 2.36. The molecule has 0 bridgehead atoms. The molecule has 6 aliphatic rings. The second-order valence-electron chi connectivity index (χ2n) is 17.5. The van der Waals surface area contributed by atoms with Crippen molar-refractivity contribution in [1.82, 2.24) is 5.32 Å². The Hall–Kier alpha value is -1.73. The first kappa shape index (κ1) is 57.5. The number of rotatable bonds is 17. The lowest BCUT2D eigenvalue weighted by atomic mass is 9.94. The van der Waals surface area contributed by atoms with Gasteiger partial charge < -0.3 is 154 Å². The zero-order valence-corrected chi connectivity index (χ0v) is 37.0. The molecule has 6 fully saturated rings. The van der Waals surface area contributed by atoms with Gasteiger partial charge in [-0.3, -0.25) is 4.79 Å². The summed E-state index contributed by atoms with van der Waals surface area (Å²) in [5, 5.41) is 203. The molecule has 32 heteroatoms. The molecule has 6 saturated heterocycles. The Morgan fingerprint density at radius 3 is 1.21 bits per heavy atom. The van der Waals surface area contributed by atoms with Crippen molar-refractivity contribution in [3.8, 4) is 0 Å². The molecule has 30 atom stereocenters. The van der Waals surface area contributed by atoms with Gasteiger partial charge in [0.15, 0.2) is 37.7 Å². The predicted molar refractivity (Wildman–Crippen MR) is 211 cm³/mol. The van der Waals surface area contributed by atoms with Crippen LogP contribution in [0.4, 0.5) is 0 Å². The van der Waals surface area contributed by atoms with E-state index in [2.05, 4.69) is 5.32 Å². The quantitative estimate of drug-likeness (QED) is 0.0643. The molecule has 0 aliphatic carbocycles. The molecule has 0 radical (unpaired) electrons. The maximum atomic E-state index is 12.6. The average Bonchev–Trinajstić information content (AvgIpc) is 3.34. The smallest absolute Gasteiger partial charge is 0.217 e. The summed E-state index contributed by atoms with van der Waals surface area (Å²) in [6.07, 6.45) is -55.5. The molecule has 0 aromatic heterocycles. The van der Waals surface area contributed by atoms with Crippen LogP contribution in [0.5, 0.6) is 0 Å². The largest absolute Gasteiger partial charge is 0.394 e. The Bertz CT molecular complexity index is 1620. The van der Waals surface area contributed by atoms with E-state index in [1.807, 2.05) is 0 Å². The second kappa shape index (κ2) is 24.7. The van der Waals surface area contributed by atoms with E-state index in [0.29, 0.717) is 0 Å². The van der Waals surface area contributed by atoms with Crippen LogP contribution in [-0.2, 0) is 56.9 Å². The fourth-order valence-corrected chi connectivity index (χ4v) is 8.82. The number of amides is 1. The van der Waals surface area contributed by atoms with Crippen LogP contribution in [0.2, 0.25) is 0 Å². The number of aliphatic hydroxyl groups excluding tert-OH is 19. The number of carbonyl (C=O) groups excluding carboxylic acids is 1. The van der Waals surface area contributed by atoms with Crippen LogP contribution in [0.25, 0.3) is 0 Å². The van der Waals surface area contributed by atoms with E-state index < -0.39 is 230 Å². The van der Waals surface area contributed by atoms with E-state index >= 15 is 0 Å². The minimum Gasteiger partial charge on any atom is -0.394 e. The maximum Gasteiger partial charge on any atom is 0.217 e. The lowest BCUT2D eigenvalue weighted by Crippen LogP contribution is -2.70. The van der Waals surface area contributed by atoms with Crippen LogP contribution in [0.15, 0.2) is 0 Å². The SMILES string of the molecule is CC(=O)N[C@H]1[C@H](O[C@H]2[C@@H](O)[C@@H](CO)O[C@@H](O[C@H]3[C@H](O)[C@@H](O)C(O)O[C@@H]3CO)[C@@H]2O)O[C@H](CO[C@@H]2O[C@H](CO)[C@@H](O[C@@H]3O[C@H](CO)[C@H](O)[C@H](O)[C@H]3O)[C@H](O)[C@H]2O)[C@@H](O[C@@H]2O[C@H](CO)[C@H](O)[C@H](O)[C@H]2O)[C@@H]1O. The highest BCUT2D eigenvalue weighted by Gasteiger charge is 2.57. The topological polar surface area (TPSA) is 515 Å². The third-order valence-corrected chi connectivity index (χ3v) is 12.8. The van der Waals surface area contributed by atoms with Gasteiger partial charge in [0.1, 0.15) is 146 Å². The van der Waals surface area contributed by atoms with E-state index in [-0.39, 0.29) is 0 Å². The Morgan fingerprint density at radius 1 is 0.371 bits per heavy atom. The standard InChI is InChI=1S/C38H65NO31/c1-8(45)39-15-19(49)31(69-37-26(56)21(51)17(47)10(3-41)63-37)14(7-60-35-27(57)23(53)30(13(6-44)65-35)67-36-25(55)20(50)16(46)9(2-40)62-36)66-34(15)70-32-18(48)11(4-42)64-38(28(32)58)68-29-12(5-43)61-33(59)24(54)22(29)52/h9-38,40-44,46-59H,2-7H2,1H3,(H,39,45)/t9-,10-,11-,12-,13-,14-,15-,16+,17+,18+,19-,20+,21+,22-,23-,24-,25-,26-,27-,28-,29-,30-,31-,32+,33?,34+,35-,36+,37+,38+/m1/s1. The van der Waals surface area contributed by atoms with E-state index in [4.69, 9.17) is 52.1 Å². The third-order valence-electron chi connectivity index (χ3n) is 12.8. The maximum absolute atomic E-state index is 12.6. The molecule has 0 aromatic rings. The number of hydrogen-bond acceptors (Lipinski definition) is 31. The molecule has 1 amide bonds. The Morgan fingerprint density at radius 2 is 0.743 bits per heavy atom. The molecule has 408 valence electrons. The molecule has 32 nitrogen and oxygen atoms in total. The summed E-state index contributed by atoms with van der Waals surface area (Å²) < 4.78 is 62.0. The third kappa shape index (κ3) is 12.0. The van der Waals surface area contributed by atoms with Crippen molar-refractivity contribution in [2.75, 3.05) is 39.6 Å². The first-order valence-corrected chi connectivity index (χ1v) is 22.1. The summed E-state index contributed by atoms with van der Waals surface area (Å²) in [5.74, 6) is -0.879. The van der Waals surface area contributed by atoms with Crippen LogP contribution in [0, 0.1) is 0 Å². The summed E-state index contributed by atoms with van der Waals surface area (Å²) >= 11 is 0. The fraction of sp³-hybridized carbons (Fsp3) is 0.974. The van der Waals surface area contributed by atoms with E-state index in [0.717, 1.165) is 6.92 Å². The van der Waals surface area contributed by atoms with Crippen LogP contribution >= 0.6 is 0 Å². The molecule has 6 rings (SSSR count). The molecular weight excluding hydrogens is 966 g/mol. The van der Waals surface area contributed by atoms with Crippen molar-refractivity contribution < 1.29 is 154 Å². The van der Waals surface area contributed by atoms with Crippen molar-refractivity contribution in [2.45, 2.75) is 191 Å². The summed E-state index contributed by atoms with van der Waals surface area (Å²) in [5.41, 5.74) is 0. The summed E-state index contributed by atoms with van der Waals surface area (Å²) in [6.45, 7) is -4.67. The number of aliphatic hydroxyl groups is 19. The van der Waals surface area contributed by atoms with Gasteiger partial charge in [-0.2, -0.15) is 0 Å². The van der Waals surface area contributed by atoms with Crippen LogP contribution in [0.1, 0.15) is 6.92 Å². The van der Waals surface area contributed by atoms with Crippen LogP contribution in [-0.4, -0.2) is 327 Å². The van der Waals surface area contributed by atoms with Crippen molar-refractivity contribution in [1.29, 1.82) is 0 Å². The number of nitrogens with one attached hydrogen (secondary N) is 1. The minimum absolute atomic E-state index is 0.855. The van der Waals surface area contributed by atoms with E-state index in [9.17, 15) is 102 Å². The molecule has 6 heterocycles. The van der Waals surface area contributed by atoms with E-state index in [1.165, 1.54) is 0 Å². The van der Waals surface area contributed by atoms with Gasteiger partial charge in [-0.1, -0.05) is 0 Å². The first-order valence-electron chi connectivity index (χ1n) is 22.1. The van der Waals surface area contributed by atoms with Crippen LogP contribution < -0.4 is 5.32 Å². The van der Waals surface area contributed by atoms with Crippen molar-refractivity contribution in [2.24, 2.45) is 0 Å². The van der Waals surface area contributed by atoms with Gasteiger partial charge in [-0.25, -0.2) is 0 Å². The summed E-state index contributed by atoms with van der Waals surface area (Å²) in [6, 6.07) is -1.83. The number of ether oxygens (including phenoxy) is 11. The lowest BCUT2D eigenvalue weighted by Gasteiger charge is -2.50. The van der Waals surface area contributed by atoms with Gasteiger partial charge in [0, 0.05) is 6.92 Å². The first-order chi connectivity index (χ1) is 33.1. The van der Waals surface area contributed by atoms with E-state index in [1.54, 1.807) is 0 Å². The van der Waals surface area contributed by atoms with Crippen LogP contribution in [0.3, 0.4) is 0 Å². The second-order valence-corrected chi connectivity index (χ2v) is 17.5. The fourth-order valence-electron chi connectivity index (χ4n) is 8.82. The van der Waals surface area contributed by atoms with Gasteiger partial charge in [-0.05, 0) is 0 Å². The van der Waals surface area contributed by atoms with Gasteiger partial charge in [0.2, 0.25) is 5.91 Å². The van der Waals surface area contributed by atoms with Gasteiger partial charge >= 0.3 is 0 Å². The van der Waals surface area contributed by atoms with Crippen molar-refractivity contribution in [3.05, 3.63) is 0 Å². The molecule has 20 N–H and O–H groups in total. The van der Waals surface area contributed by atoms with Crippen molar-refractivity contribution >= 4 is 5.91 Å². The minimum atomic E-state index is -2.19.